The van der Waals surface area contributed by atoms with Crippen LogP contribution in [0.15, 0.2) is 30.3 Å². The highest BCUT2D eigenvalue weighted by Crippen LogP contribution is 2.05. The fourth-order valence-electron chi connectivity index (χ4n) is 2.07. The molecule has 3 N–H and O–H groups in total. The second kappa shape index (κ2) is 12.3. The first kappa shape index (κ1) is 21.9. The van der Waals surface area contributed by atoms with E-state index in [1.807, 2.05) is 30.3 Å². The third kappa shape index (κ3) is 10.5. The van der Waals surface area contributed by atoms with Crippen molar-refractivity contribution in [3.05, 3.63) is 35.9 Å². The van der Waals surface area contributed by atoms with E-state index in [0.717, 1.165) is 11.3 Å². The SMILES string of the molecule is CN(CC(=O)O)C(=N)NC(=O)OCCCOC(=O)CCCc1ccccc1. The van der Waals surface area contributed by atoms with Gasteiger partial charge in [0, 0.05) is 19.9 Å². The molecule has 9 nitrogen and oxygen atoms in total. The summed E-state index contributed by atoms with van der Waals surface area (Å²) < 4.78 is 9.89. The van der Waals surface area contributed by atoms with Crippen LogP contribution in [0.5, 0.6) is 0 Å². The van der Waals surface area contributed by atoms with Crippen LogP contribution >= 0.6 is 0 Å². The van der Waals surface area contributed by atoms with E-state index in [-0.39, 0.29) is 25.1 Å². The van der Waals surface area contributed by atoms with Gasteiger partial charge in [-0.3, -0.25) is 20.3 Å². The highest BCUT2D eigenvalue weighted by Gasteiger charge is 2.12. The number of nitrogens with zero attached hydrogens (tertiary/aromatic N) is 1. The smallest absolute Gasteiger partial charge is 0.413 e. The number of guanidine groups is 1. The second-order valence-electron chi connectivity index (χ2n) is 5.77. The molecule has 1 aromatic carbocycles. The number of alkyl carbamates (subject to hydrolysis) is 1. The molecule has 0 aliphatic carbocycles. The first-order chi connectivity index (χ1) is 12.9. The van der Waals surface area contributed by atoms with Gasteiger partial charge in [-0.05, 0) is 18.4 Å². The fourth-order valence-corrected chi connectivity index (χ4v) is 2.07. The van der Waals surface area contributed by atoms with Crippen molar-refractivity contribution in [3.63, 3.8) is 0 Å². The molecule has 0 unspecified atom stereocenters. The molecule has 0 aromatic heterocycles. The highest BCUT2D eigenvalue weighted by molar-refractivity contribution is 5.93. The number of carboxylic acids is 1. The molecule has 0 atom stereocenters. The lowest BCUT2D eigenvalue weighted by molar-refractivity contribution is -0.144. The van der Waals surface area contributed by atoms with Gasteiger partial charge in [0.15, 0.2) is 0 Å². The van der Waals surface area contributed by atoms with Crippen molar-refractivity contribution in [3.8, 4) is 0 Å². The van der Waals surface area contributed by atoms with Crippen LogP contribution in [0.4, 0.5) is 4.79 Å². The maximum atomic E-state index is 11.6. The molecule has 0 aliphatic heterocycles. The lowest BCUT2D eigenvalue weighted by Crippen LogP contribution is -2.43. The normalized spacial score (nSPS) is 9.96. The molecule has 0 spiro atoms. The summed E-state index contributed by atoms with van der Waals surface area (Å²) in [5.41, 5.74) is 1.17. The van der Waals surface area contributed by atoms with Gasteiger partial charge in [0.25, 0.3) is 0 Å². The predicted molar refractivity (Wildman–Crippen MR) is 97.4 cm³/mol. The van der Waals surface area contributed by atoms with Crippen LogP contribution in [0.1, 0.15) is 24.8 Å². The molecule has 0 saturated heterocycles. The standard InChI is InChI=1S/C18H25N3O6/c1-21(13-15(22)23)17(19)20-18(25)27-12-6-11-26-16(24)10-5-9-14-7-3-2-4-8-14/h2-4,7-8H,5-6,9-13H2,1H3,(H,22,23)(H2,19,20,25). The molecule has 0 saturated carbocycles. The molecule has 27 heavy (non-hydrogen) atoms. The Labute approximate surface area is 157 Å². The van der Waals surface area contributed by atoms with Gasteiger partial charge in [-0.2, -0.15) is 0 Å². The van der Waals surface area contributed by atoms with Crippen LogP contribution < -0.4 is 5.32 Å². The van der Waals surface area contributed by atoms with Crippen LogP contribution in [-0.2, 0) is 25.5 Å². The average molecular weight is 379 g/mol. The number of benzene rings is 1. The third-order valence-corrected chi connectivity index (χ3v) is 3.45. The number of hydrogen-bond acceptors (Lipinski definition) is 6. The number of hydrogen-bond donors (Lipinski definition) is 3. The summed E-state index contributed by atoms with van der Waals surface area (Å²) >= 11 is 0. The van der Waals surface area contributed by atoms with Crippen molar-refractivity contribution in [2.75, 3.05) is 26.8 Å². The monoisotopic (exact) mass is 379 g/mol. The van der Waals surface area contributed by atoms with Gasteiger partial charge in [-0.25, -0.2) is 4.79 Å². The number of carbonyl (C=O) groups excluding carboxylic acids is 2. The Morgan fingerprint density at radius 1 is 1.11 bits per heavy atom. The summed E-state index contributed by atoms with van der Waals surface area (Å²) in [5, 5.41) is 18.2. The van der Waals surface area contributed by atoms with Gasteiger partial charge in [0.2, 0.25) is 5.96 Å². The number of likely N-dealkylation sites (N-methyl/N-ethyl adjacent to an activating group) is 1. The quantitative estimate of drug-likeness (QED) is 0.244. The Balaban J connectivity index is 2.05. The van der Waals surface area contributed by atoms with Crippen LogP contribution in [0.25, 0.3) is 0 Å². The Morgan fingerprint density at radius 2 is 1.78 bits per heavy atom. The van der Waals surface area contributed by atoms with E-state index in [9.17, 15) is 14.4 Å². The summed E-state index contributed by atoms with van der Waals surface area (Å²) in [6, 6.07) is 9.86. The van der Waals surface area contributed by atoms with E-state index < -0.39 is 18.6 Å². The predicted octanol–water partition coefficient (Wildman–Crippen LogP) is 1.62. The van der Waals surface area contributed by atoms with Crippen molar-refractivity contribution < 1.29 is 29.0 Å². The summed E-state index contributed by atoms with van der Waals surface area (Å²) in [4.78, 5) is 34.6. The number of aliphatic carboxylic acids is 1. The number of esters is 1. The molecule has 0 aliphatic rings. The van der Waals surface area contributed by atoms with Crippen molar-refractivity contribution >= 4 is 24.0 Å². The van der Waals surface area contributed by atoms with Crippen molar-refractivity contribution in [1.82, 2.24) is 10.2 Å². The highest BCUT2D eigenvalue weighted by atomic mass is 16.6. The zero-order valence-electron chi connectivity index (χ0n) is 15.3. The molecule has 1 rings (SSSR count). The van der Waals surface area contributed by atoms with Crippen molar-refractivity contribution in [2.45, 2.75) is 25.7 Å². The zero-order valence-corrected chi connectivity index (χ0v) is 15.3. The topological polar surface area (TPSA) is 129 Å². The number of rotatable bonds is 10. The Hall–Kier alpha value is -3.10. The minimum Gasteiger partial charge on any atom is -0.480 e. The minimum atomic E-state index is -1.12. The van der Waals surface area contributed by atoms with Crippen molar-refractivity contribution in [2.24, 2.45) is 0 Å². The molecule has 0 heterocycles. The van der Waals surface area contributed by atoms with Crippen molar-refractivity contribution in [1.29, 1.82) is 5.41 Å². The molecule has 1 aromatic rings. The van der Waals surface area contributed by atoms with E-state index in [1.165, 1.54) is 12.6 Å². The minimum absolute atomic E-state index is 0.0129. The molecule has 1 amide bonds. The fraction of sp³-hybridized carbons (Fsp3) is 0.444. The maximum absolute atomic E-state index is 11.6. The summed E-state index contributed by atoms with van der Waals surface area (Å²) in [7, 11) is 1.36. The third-order valence-electron chi connectivity index (χ3n) is 3.45. The molecule has 148 valence electrons. The van der Waals surface area contributed by atoms with Crippen LogP contribution in [-0.4, -0.2) is 60.8 Å². The first-order valence-corrected chi connectivity index (χ1v) is 8.53. The van der Waals surface area contributed by atoms with E-state index >= 15 is 0 Å². The number of carboxylic acid groups (broad SMARTS) is 1. The number of carbonyl (C=O) groups is 3. The molecule has 0 bridgehead atoms. The number of ether oxygens (including phenoxy) is 2. The molecular formula is C18H25N3O6. The zero-order chi connectivity index (χ0) is 20.1. The number of aryl methyl sites for hydroxylation is 1. The van der Waals surface area contributed by atoms with Gasteiger partial charge >= 0.3 is 18.0 Å². The maximum Gasteiger partial charge on any atom is 0.413 e. The lowest BCUT2D eigenvalue weighted by atomic mass is 10.1. The van der Waals surface area contributed by atoms with Gasteiger partial charge in [-0.1, -0.05) is 30.3 Å². The second-order valence-corrected chi connectivity index (χ2v) is 5.77. The van der Waals surface area contributed by atoms with E-state index in [2.05, 4.69) is 5.32 Å². The first-order valence-electron chi connectivity index (χ1n) is 8.53. The van der Waals surface area contributed by atoms with Gasteiger partial charge in [0.05, 0.1) is 13.2 Å². The average Bonchev–Trinajstić information content (AvgIpc) is 2.61. The van der Waals surface area contributed by atoms with E-state index in [0.29, 0.717) is 19.3 Å². The van der Waals surface area contributed by atoms with Gasteiger partial charge < -0.3 is 19.5 Å². The van der Waals surface area contributed by atoms with Crippen LogP contribution in [0, 0.1) is 5.41 Å². The molecule has 0 radical (unpaired) electrons. The molecular weight excluding hydrogens is 354 g/mol. The number of nitrogens with one attached hydrogen (secondary N) is 2. The Kier molecular flexibility index (Phi) is 9.98. The molecule has 9 heteroatoms. The summed E-state index contributed by atoms with van der Waals surface area (Å²) in [6.07, 6.45) is 1.29. The van der Waals surface area contributed by atoms with Crippen LogP contribution in [0.3, 0.4) is 0 Å². The lowest BCUT2D eigenvalue weighted by Gasteiger charge is -2.17. The summed E-state index contributed by atoms with van der Waals surface area (Å²) in [5.74, 6) is -1.80. The summed E-state index contributed by atoms with van der Waals surface area (Å²) in [6.45, 7) is -0.272. The Bertz CT molecular complexity index is 635. The van der Waals surface area contributed by atoms with Gasteiger partial charge in [0.1, 0.15) is 6.54 Å². The molecule has 0 fully saturated rings. The Morgan fingerprint density at radius 3 is 2.44 bits per heavy atom. The largest absolute Gasteiger partial charge is 0.480 e. The van der Waals surface area contributed by atoms with Gasteiger partial charge in [-0.15, -0.1) is 0 Å². The number of amides is 1. The van der Waals surface area contributed by atoms with E-state index in [4.69, 9.17) is 20.0 Å². The van der Waals surface area contributed by atoms with E-state index in [1.54, 1.807) is 0 Å². The van der Waals surface area contributed by atoms with Crippen LogP contribution in [0.2, 0.25) is 0 Å².